The van der Waals surface area contributed by atoms with Crippen LogP contribution < -0.4 is 4.42 Å². The first kappa shape index (κ1) is 7.90. The van der Waals surface area contributed by atoms with Crippen LogP contribution in [0.1, 0.15) is 0 Å². The Morgan fingerprint density at radius 2 is 2.25 bits per heavy atom. The van der Waals surface area contributed by atoms with Crippen LogP contribution in [-0.2, 0) is 0 Å². The topological polar surface area (TPSA) is 15.6 Å². The highest BCUT2D eigenvalue weighted by Crippen LogP contribution is 2.34. The van der Waals surface area contributed by atoms with Gasteiger partial charge in [-0.3, -0.25) is 9.41 Å². The van der Waals surface area contributed by atoms with Crippen molar-refractivity contribution in [3.63, 3.8) is 0 Å². The van der Waals surface area contributed by atoms with Gasteiger partial charge in [-0.2, -0.15) is 0 Å². The van der Waals surface area contributed by atoms with Crippen LogP contribution in [-0.4, -0.2) is 12.8 Å². The molecule has 2 rings (SSSR count). The molecule has 0 fully saturated rings. The van der Waals surface area contributed by atoms with Crippen molar-refractivity contribution in [3.8, 4) is 0 Å². The van der Waals surface area contributed by atoms with Crippen molar-refractivity contribution in [1.82, 2.24) is 0 Å². The minimum atomic E-state index is 0.635. The summed E-state index contributed by atoms with van der Waals surface area (Å²) < 4.78 is 1.61. The summed E-state index contributed by atoms with van der Waals surface area (Å²) in [6.45, 7) is 0.635. The Bertz CT molecular complexity index is 336. The summed E-state index contributed by atoms with van der Waals surface area (Å²) in [7, 11) is 0. The smallest absolute Gasteiger partial charge is 0.0887 e. The number of nitrogens with zero attached hydrogens (tertiary/aromatic N) is 2. The van der Waals surface area contributed by atoms with E-state index >= 15 is 0 Å². The molecule has 0 saturated heterocycles. The van der Waals surface area contributed by atoms with E-state index in [-0.39, 0.29) is 0 Å². The maximum absolute atomic E-state index is 5.90. The lowest BCUT2D eigenvalue weighted by molar-refractivity contribution is 1.21. The summed E-state index contributed by atoms with van der Waals surface area (Å²) in [5.74, 6) is 0. The molecule has 0 atom stereocenters. The summed E-state index contributed by atoms with van der Waals surface area (Å²) in [6, 6.07) is 5.46. The molecule has 1 heterocycles. The number of halogens is 2. The monoisotopic (exact) mass is 200 g/mol. The number of fused-ring (bicyclic) bond motifs is 1. The molecule has 4 heteroatoms. The van der Waals surface area contributed by atoms with Crippen LogP contribution >= 0.6 is 23.4 Å². The van der Waals surface area contributed by atoms with E-state index in [4.69, 9.17) is 23.4 Å². The van der Waals surface area contributed by atoms with Gasteiger partial charge in [0.15, 0.2) is 0 Å². The molecular weight excluding hydrogens is 195 g/mol. The first-order valence-corrected chi connectivity index (χ1v) is 4.24. The number of rotatable bonds is 0. The molecule has 0 amide bonds. The molecule has 1 aliphatic rings. The molecule has 0 N–H and O–H groups in total. The second kappa shape index (κ2) is 2.96. The number of anilines is 1. The fraction of sp³-hybridized carbons (Fsp3) is 0.125. The Balaban J connectivity index is 2.55. The Morgan fingerprint density at radius 3 is 3.08 bits per heavy atom. The summed E-state index contributed by atoms with van der Waals surface area (Å²) in [6.07, 6.45) is 1.76. The van der Waals surface area contributed by atoms with Crippen LogP contribution in [0.2, 0.25) is 5.02 Å². The second-order valence-corrected chi connectivity index (χ2v) is 3.33. The molecule has 0 bridgehead atoms. The molecule has 0 unspecified atom stereocenters. The normalized spacial score (nSPS) is 14.7. The maximum Gasteiger partial charge on any atom is 0.0887 e. The van der Waals surface area contributed by atoms with E-state index in [1.165, 1.54) is 0 Å². The third-order valence-corrected chi connectivity index (χ3v) is 2.23. The van der Waals surface area contributed by atoms with Crippen LogP contribution in [0.5, 0.6) is 0 Å². The van der Waals surface area contributed by atoms with E-state index < -0.39 is 0 Å². The van der Waals surface area contributed by atoms with Crippen LogP contribution in [0.25, 0.3) is 0 Å². The van der Waals surface area contributed by atoms with Crippen LogP contribution in [0.3, 0.4) is 0 Å². The third kappa shape index (κ3) is 1.28. The average Bonchev–Trinajstić information content (AvgIpc) is 2.04. The fourth-order valence-electron chi connectivity index (χ4n) is 1.11. The predicted octanol–water partition coefficient (Wildman–Crippen LogP) is 3.02. The van der Waals surface area contributed by atoms with Crippen LogP contribution in [0.4, 0.5) is 11.4 Å². The largest absolute Gasteiger partial charge is 0.278 e. The van der Waals surface area contributed by atoms with Crippen molar-refractivity contribution >= 4 is 41.0 Å². The molecule has 2 nitrogen and oxygen atoms in total. The molecule has 1 aromatic carbocycles. The Hall–Kier alpha value is -0.730. The van der Waals surface area contributed by atoms with E-state index in [9.17, 15) is 0 Å². The van der Waals surface area contributed by atoms with Crippen LogP contribution in [0.15, 0.2) is 23.2 Å². The van der Waals surface area contributed by atoms with Crippen molar-refractivity contribution in [2.45, 2.75) is 0 Å². The highest BCUT2D eigenvalue weighted by Gasteiger charge is 2.11. The molecule has 0 aliphatic carbocycles. The molecule has 62 valence electrons. The second-order valence-electron chi connectivity index (χ2n) is 2.49. The first-order chi connectivity index (χ1) is 5.77. The van der Waals surface area contributed by atoms with E-state index in [1.807, 2.05) is 6.07 Å². The molecular formula is C8H6Cl2N2. The SMILES string of the molecule is Clc1ccc2c(c1)N=CCN2Cl. The predicted molar refractivity (Wildman–Crippen MR) is 52.8 cm³/mol. The highest BCUT2D eigenvalue weighted by atomic mass is 35.5. The van der Waals surface area contributed by atoms with E-state index in [0.29, 0.717) is 11.6 Å². The van der Waals surface area contributed by atoms with Crippen molar-refractivity contribution in [1.29, 1.82) is 0 Å². The summed E-state index contributed by atoms with van der Waals surface area (Å²) >= 11 is 11.7. The quantitative estimate of drug-likeness (QED) is 0.589. The van der Waals surface area contributed by atoms with E-state index in [1.54, 1.807) is 22.8 Å². The Morgan fingerprint density at radius 1 is 1.42 bits per heavy atom. The minimum absolute atomic E-state index is 0.635. The van der Waals surface area contributed by atoms with Gasteiger partial charge in [0, 0.05) is 23.0 Å². The molecule has 0 aromatic heterocycles. The molecule has 12 heavy (non-hydrogen) atoms. The van der Waals surface area contributed by atoms with Crippen molar-refractivity contribution < 1.29 is 0 Å². The Kier molecular flexibility index (Phi) is 1.95. The summed E-state index contributed by atoms with van der Waals surface area (Å²) in [5.41, 5.74) is 1.73. The van der Waals surface area contributed by atoms with Gasteiger partial charge < -0.3 is 0 Å². The van der Waals surface area contributed by atoms with Gasteiger partial charge in [-0.05, 0) is 18.2 Å². The van der Waals surface area contributed by atoms with Gasteiger partial charge in [0.05, 0.1) is 17.9 Å². The van der Waals surface area contributed by atoms with Gasteiger partial charge in [-0.15, -0.1) is 0 Å². The number of hydrogen-bond acceptors (Lipinski definition) is 2. The van der Waals surface area contributed by atoms with Gasteiger partial charge >= 0.3 is 0 Å². The molecule has 1 aliphatic heterocycles. The number of hydrogen-bond donors (Lipinski definition) is 0. The molecule has 0 radical (unpaired) electrons. The van der Waals surface area contributed by atoms with E-state index in [0.717, 1.165) is 11.4 Å². The van der Waals surface area contributed by atoms with E-state index in [2.05, 4.69) is 4.99 Å². The molecule has 0 saturated carbocycles. The standard InChI is InChI=1S/C8H6Cl2N2/c9-6-1-2-8-7(5-6)11-3-4-12(8)10/h1-3,5H,4H2. The summed E-state index contributed by atoms with van der Waals surface area (Å²) in [5, 5.41) is 0.679. The van der Waals surface area contributed by atoms with Gasteiger partial charge in [-0.1, -0.05) is 11.6 Å². The fourth-order valence-corrected chi connectivity index (χ4v) is 1.49. The highest BCUT2D eigenvalue weighted by molar-refractivity contribution is 6.32. The lowest BCUT2D eigenvalue weighted by atomic mass is 10.2. The van der Waals surface area contributed by atoms with Crippen molar-refractivity contribution in [2.24, 2.45) is 4.99 Å². The molecule has 0 spiro atoms. The lowest BCUT2D eigenvalue weighted by Crippen LogP contribution is -2.15. The molecule has 1 aromatic rings. The van der Waals surface area contributed by atoms with Crippen molar-refractivity contribution in [3.05, 3.63) is 23.2 Å². The third-order valence-electron chi connectivity index (χ3n) is 1.67. The minimum Gasteiger partial charge on any atom is -0.278 e. The zero-order valence-electron chi connectivity index (χ0n) is 6.17. The number of benzene rings is 1. The zero-order chi connectivity index (χ0) is 8.55. The lowest BCUT2D eigenvalue weighted by Gasteiger charge is -2.19. The maximum atomic E-state index is 5.90. The van der Waals surface area contributed by atoms with Gasteiger partial charge in [0.25, 0.3) is 0 Å². The van der Waals surface area contributed by atoms with Gasteiger partial charge in [0.2, 0.25) is 0 Å². The summed E-state index contributed by atoms with van der Waals surface area (Å²) in [4.78, 5) is 4.17. The van der Waals surface area contributed by atoms with Crippen molar-refractivity contribution in [2.75, 3.05) is 11.0 Å². The van der Waals surface area contributed by atoms with Gasteiger partial charge in [-0.25, -0.2) is 0 Å². The van der Waals surface area contributed by atoms with Crippen LogP contribution in [0, 0.1) is 0 Å². The van der Waals surface area contributed by atoms with Gasteiger partial charge in [0.1, 0.15) is 0 Å². The number of aliphatic imine (C=N–C) groups is 1. The first-order valence-electron chi connectivity index (χ1n) is 3.53. The average molecular weight is 201 g/mol. The zero-order valence-corrected chi connectivity index (χ0v) is 7.68. The Labute approximate surface area is 80.5 Å².